The van der Waals surface area contributed by atoms with Gasteiger partial charge in [-0.05, 0) is 39.5 Å². The zero-order valence-electron chi connectivity index (χ0n) is 11.0. The van der Waals surface area contributed by atoms with Crippen molar-refractivity contribution in [3.63, 3.8) is 0 Å². The van der Waals surface area contributed by atoms with Gasteiger partial charge in [0.15, 0.2) is 0 Å². The second-order valence-electron chi connectivity index (χ2n) is 5.16. The predicted molar refractivity (Wildman–Crippen MR) is 64.4 cm³/mol. The van der Waals surface area contributed by atoms with Crippen LogP contribution in [-0.4, -0.2) is 37.1 Å². The maximum absolute atomic E-state index is 11.6. The average Bonchev–Trinajstić information content (AvgIpc) is 3.09. The van der Waals surface area contributed by atoms with E-state index in [4.69, 9.17) is 0 Å². The first-order valence-corrected chi connectivity index (χ1v) is 5.99. The number of methoxy groups -OCH3 is 1. The Morgan fingerprint density at radius 1 is 1.41 bits per heavy atom. The Balaban J connectivity index is 2.29. The van der Waals surface area contributed by atoms with Crippen LogP contribution in [0.4, 0.5) is 0 Å². The third kappa shape index (κ3) is 4.34. The standard InChI is InChI=1S/C12H22N2O3/c1-8(9-5-6-9)14-10(15)7-13-12(2,3)11(16)17-4/h8-9,13H,5-7H2,1-4H3,(H,14,15)/t8-/m1/s1. The number of nitrogens with one attached hydrogen (secondary N) is 2. The third-order valence-electron chi connectivity index (χ3n) is 3.10. The summed E-state index contributed by atoms with van der Waals surface area (Å²) < 4.78 is 4.64. The van der Waals surface area contributed by atoms with Gasteiger partial charge < -0.3 is 10.1 Å². The Morgan fingerprint density at radius 3 is 2.47 bits per heavy atom. The van der Waals surface area contributed by atoms with Gasteiger partial charge in [0.05, 0.1) is 13.7 Å². The monoisotopic (exact) mass is 242 g/mol. The summed E-state index contributed by atoms with van der Waals surface area (Å²) in [5.41, 5.74) is -0.838. The number of hydrogen-bond donors (Lipinski definition) is 2. The molecule has 1 aliphatic carbocycles. The number of carbonyl (C=O) groups is 2. The summed E-state index contributed by atoms with van der Waals surface area (Å²) in [7, 11) is 1.33. The van der Waals surface area contributed by atoms with Crippen LogP contribution in [0, 0.1) is 5.92 Å². The van der Waals surface area contributed by atoms with Crippen molar-refractivity contribution in [1.82, 2.24) is 10.6 Å². The fraction of sp³-hybridized carbons (Fsp3) is 0.833. The van der Waals surface area contributed by atoms with E-state index in [0.29, 0.717) is 5.92 Å². The van der Waals surface area contributed by atoms with Crippen LogP contribution in [0.1, 0.15) is 33.6 Å². The molecule has 0 heterocycles. The zero-order valence-corrected chi connectivity index (χ0v) is 11.0. The summed E-state index contributed by atoms with van der Waals surface area (Å²) in [6.07, 6.45) is 2.39. The normalized spacial score (nSPS) is 17.4. The molecule has 1 aliphatic rings. The van der Waals surface area contributed by atoms with E-state index in [1.165, 1.54) is 20.0 Å². The number of rotatable bonds is 6. The van der Waals surface area contributed by atoms with Gasteiger partial charge in [-0.1, -0.05) is 0 Å². The molecule has 17 heavy (non-hydrogen) atoms. The number of carbonyl (C=O) groups excluding carboxylic acids is 2. The minimum Gasteiger partial charge on any atom is -0.468 e. The first-order valence-electron chi connectivity index (χ1n) is 5.99. The Kier molecular flexibility index (Phi) is 4.51. The molecule has 0 radical (unpaired) electrons. The lowest BCUT2D eigenvalue weighted by molar-refractivity contribution is -0.147. The van der Waals surface area contributed by atoms with Gasteiger partial charge in [-0.2, -0.15) is 0 Å². The van der Waals surface area contributed by atoms with E-state index in [2.05, 4.69) is 15.4 Å². The molecule has 1 fully saturated rings. The van der Waals surface area contributed by atoms with Crippen LogP contribution in [0.5, 0.6) is 0 Å². The minimum atomic E-state index is -0.838. The fourth-order valence-corrected chi connectivity index (χ4v) is 1.65. The van der Waals surface area contributed by atoms with Crippen molar-refractivity contribution in [2.75, 3.05) is 13.7 Å². The van der Waals surface area contributed by atoms with Crippen LogP contribution in [0.15, 0.2) is 0 Å². The van der Waals surface area contributed by atoms with Gasteiger partial charge in [-0.25, -0.2) is 0 Å². The van der Waals surface area contributed by atoms with Crippen LogP contribution in [0.2, 0.25) is 0 Å². The van der Waals surface area contributed by atoms with E-state index < -0.39 is 5.54 Å². The van der Waals surface area contributed by atoms with Crippen LogP contribution < -0.4 is 10.6 Å². The van der Waals surface area contributed by atoms with E-state index in [1.54, 1.807) is 13.8 Å². The highest BCUT2D eigenvalue weighted by Crippen LogP contribution is 2.32. The van der Waals surface area contributed by atoms with Gasteiger partial charge in [0.2, 0.25) is 5.91 Å². The van der Waals surface area contributed by atoms with Crippen molar-refractivity contribution in [1.29, 1.82) is 0 Å². The van der Waals surface area contributed by atoms with Gasteiger partial charge >= 0.3 is 5.97 Å². The molecule has 0 aliphatic heterocycles. The largest absolute Gasteiger partial charge is 0.468 e. The lowest BCUT2D eigenvalue weighted by Gasteiger charge is -2.23. The molecule has 5 nitrogen and oxygen atoms in total. The first kappa shape index (κ1) is 14.0. The molecule has 0 aromatic rings. The Morgan fingerprint density at radius 2 is 2.00 bits per heavy atom. The molecular formula is C12H22N2O3. The highest BCUT2D eigenvalue weighted by molar-refractivity contribution is 5.82. The van der Waals surface area contributed by atoms with E-state index in [0.717, 1.165) is 0 Å². The molecular weight excluding hydrogens is 220 g/mol. The van der Waals surface area contributed by atoms with Crippen LogP contribution in [0.25, 0.3) is 0 Å². The van der Waals surface area contributed by atoms with Gasteiger partial charge in [0, 0.05) is 6.04 Å². The van der Waals surface area contributed by atoms with Crippen molar-refractivity contribution >= 4 is 11.9 Å². The second-order valence-corrected chi connectivity index (χ2v) is 5.16. The Labute approximate surface area is 102 Å². The predicted octanol–water partition coefficient (Wildman–Crippen LogP) is 0.442. The van der Waals surface area contributed by atoms with Crippen molar-refractivity contribution in [2.24, 2.45) is 5.92 Å². The van der Waals surface area contributed by atoms with Crippen molar-refractivity contribution in [3.8, 4) is 0 Å². The van der Waals surface area contributed by atoms with E-state index in [9.17, 15) is 9.59 Å². The maximum Gasteiger partial charge on any atom is 0.325 e. The number of esters is 1. The highest BCUT2D eigenvalue weighted by Gasteiger charge is 2.31. The molecule has 1 saturated carbocycles. The molecule has 0 spiro atoms. The summed E-state index contributed by atoms with van der Waals surface area (Å²) in [4.78, 5) is 23.0. The molecule has 1 amide bonds. The quantitative estimate of drug-likeness (QED) is 0.663. The SMILES string of the molecule is COC(=O)C(C)(C)NCC(=O)N[C@H](C)C1CC1. The summed E-state index contributed by atoms with van der Waals surface area (Å²) >= 11 is 0. The lowest BCUT2D eigenvalue weighted by Crippen LogP contribution is -2.52. The number of ether oxygens (including phenoxy) is 1. The van der Waals surface area contributed by atoms with Crippen LogP contribution in [-0.2, 0) is 14.3 Å². The molecule has 0 aromatic heterocycles. The molecule has 0 bridgehead atoms. The van der Waals surface area contributed by atoms with E-state index in [1.807, 2.05) is 6.92 Å². The van der Waals surface area contributed by atoms with Gasteiger partial charge in [0.25, 0.3) is 0 Å². The van der Waals surface area contributed by atoms with Crippen LogP contribution >= 0.6 is 0 Å². The summed E-state index contributed by atoms with van der Waals surface area (Å²) in [6.45, 7) is 5.52. The molecule has 1 atom stereocenters. The van der Waals surface area contributed by atoms with Crippen molar-refractivity contribution in [2.45, 2.75) is 45.2 Å². The zero-order chi connectivity index (χ0) is 13.1. The second kappa shape index (κ2) is 5.49. The van der Waals surface area contributed by atoms with Gasteiger partial charge in [-0.3, -0.25) is 14.9 Å². The molecule has 98 valence electrons. The molecule has 1 rings (SSSR count). The summed E-state index contributed by atoms with van der Waals surface area (Å²) in [6, 6.07) is 0.227. The van der Waals surface area contributed by atoms with Gasteiger partial charge in [-0.15, -0.1) is 0 Å². The minimum absolute atomic E-state index is 0.0821. The lowest BCUT2D eigenvalue weighted by atomic mass is 10.1. The topological polar surface area (TPSA) is 67.4 Å². The fourth-order valence-electron chi connectivity index (χ4n) is 1.65. The molecule has 0 aromatic carbocycles. The van der Waals surface area contributed by atoms with Crippen molar-refractivity contribution < 1.29 is 14.3 Å². The molecule has 0 unspecified atom stereocenters. The Hall–Kier alpha value is -1.10. The molecule has 2 N–H and O–H groups in total. The smallest absolute Gasteiger partial charge is 0.325 e. The molecule has 0 saturated heterocycles. The summed E-state index contributed by atoms with van der Waals surface area (Å²) in [5, 5.41) is 5.81. The van der Waals surface area contributed by atoms with E-state index >= 15 is 0 Å². The third-order valence-corrected chi connectivity index (χ3v) is 3.10. The first-order chi connectivity index (χ1) is 7.86. The number of amides is 1. The Bertz CT molecular complexity index is 298. The highest BCUT2D eigenvalue weighted by atomic mass is 16.5. The molecule has 5 heteroatoms. The van der Waals surface area contributed by atoms with Gasteiger partial charge in [0.1, 0.15) is 5.54 Å². The maximum atomic E-state index is 11.6. The average molecular weight is 242 g/mol. The number of hydrogen-bond acceptors (Lipinski definition) is 4. The summed E-state index contributed by atoms with van der Waals surface area (Å²) in [5.74, 6) is 0.175. The van der Waals surface area contributed by atoms with Crippen LogP contribution in [0.3, 0.4) is 0 Å². The van der Waals surface area contributed by atoms with Crippen molar-refractivity contribution in [3.05, 3.63) is 0 Å². The van der Waals surface area contributed by atoms with E-state index in [-0.39, 0.29) is 24.5 Å².